The minimum Gasteiger partial charge on any atom is -0.478 e. The van der Waals surface area contributed by atoms with Crippen molar-refractivity contribution in [3.63, 3.8) is 0 Å². The van der Waals surface area contributed by atoms with Crippen molar-refractivity contribution < 1.29 is 41.0 Å². The average molecular weight is 637 g/mol. The van der Waals surface area contributed by atoms with E-state index in [1.165, 1.54) is 22.8 Å². The lowest BCUT2D eigenvalue weighted by Crippen LogP contribution is -2.16. The van der Waals surface area contributed by atoms with Crippen molar-refractivity contribution in [2.24, 2.45) is 5.41 Å². The first-order valence-electron chi connectivity index (χ1n) is 13.9. The van der Waals surface area contributed by atoms with E-state index in [4.69, 9.17) is 10.00 Å². The van der Waals surface area contributed by atoms with E-state index < -0.39 is 58.4 Å². The summed E-state index contributed by atoms with van der Waals surface area (Å²) in [7, 11) is 0. The summed E-state index contributed by atoms with van der Waals surface area (Å²) in [5.74, 6) is -6.20. The summed E-state index contributed by atoms with van der Waals surface area (Å²) < 4.78 is 95.6. The van der Waals surface area contributed by atoms with Gasteiger partial charge < -0.3 is 14.4 Å². The third kappa shape index (κ3) is 5.85. The fraction of sp³-hybridized carbons (Fsp3) is 0.212. The second-order valence-corrected chi connectivity index (χ2v) is 11.2. The first kappa shape index (κ1) is 30.6. The number of nitriles is 1. The molecule has 1 N–H and O–H groups in total. The number of pyridine rings is 1. The molecule has 0 spiro atoms. The van der Waals surface area contributed by atoms with Crippen molar-refractivity contribution in [3.8, 4) is 23.2 Å². The van der Waals surface area contributed by atoms with Crippen molar-refractivity contribution >= 4 is 17.0 Å². The molecule has 234 valence electrons. The van der Waals surface area contributed by atoms with Crippen LogP contribution in [0.3, 0.4) is 0 Å². The van der Waals surface area contributed by atoms with E-state index in [1.807, 2.05) is 0 Å². The SMILES string of the molecule is N#Cc1ccc(COc2ccc(F)c(-c3cc(F)c(Cc4nc5c(F)cc(C(=O)O)cc5n4CC4(CF)CC4)cc3F)n2)c(F)c1. The van der Waals surface area contributed by atoms with Crippen LogP contribution in [0.2, 0.25) is 0 Å². The van der Waals surface area contributed by atoms with Gasteiger partial charge in [0.25, 0.3) is 0 Å². The Morgan fingerprint density at radius 2 is 1.67 bits per heavy atom. The molecular formula is C33H22F6N4O3. The minimum absolute atomic E-state index is 0.0221. The Morgan fingerprint density at radius 1 is 0.913 bits per heavy atom. The molecule has 5 aromatic rings. The summed E-state index contributed by atoms with van der Waals surface area (Å²) in [5.41, 5.74) is -2.38. The van der Waals surface area contributed by atoms with Crippen LogP contribution >= 0.6 is 0 Å². The van der Waals surface area contributed by atoms with Crippen molar-refractivity contribution in [3.05, 3.63) is 112 Å². The highest BCUT2D eigenvalue weighted by atomic mass is 19.1. The third-order valence-corrected chi connectivity index (χ3v) is 7.99. The second kappa shape index (κ2) is 11.8. The predicted molar refractivity (Wildman–Crippen MR) is 152 cm³/mol. The number of nitrogens with zero attached hydrogens (tertiary/aromatic N) is 4. The first-order valence-corrected chi connectivity index (χ1v) is 13.9. The Kier molecular flexibility index (Phi) is 7.89. The molecule has 0 aliphatic heterocycles. The van der Waals surface area contributed by atoms with Crippen molar-refractivity contribution in [2.45, 2.75) is 32.4 Å². The molecule has 0 amide bonds. The van der Waals surface area contributed by atoms with Crippen LogP contribution < -0.4 is 4.74 Å². The molecular weight excluding hydrogens is 614 g/mol. The molecule has 2 aromatic heterocycles. The number of imidazole rings is 1. The predicted octanol–water partition coefficient (Wildman–Crippen LogP) is 7.28. The van der Waals surface area contributed by atoms with Gasteiger partial charge in [0, 0.05) is 35.6 Å². The molecule has 1 saturated carbocycles. The molecule has 0 bridgehead atoms. The van der Waals surface area contributed by atoms with Gasteiger partial charge >= 0.3 is 5.97 Å². The number of ether oxygens (including phenoxy) is 1. The lowest BCUT2D eigenvalue weighted by molar-refractivity contribution is 0.0696. The van der Waals surface area contributed by atoms with Crippen LogP contribution in [0, 0.1) is 45.8 Å². The van der Waals surface area contributed by atoms with Crippen LogP contribution in [-0.4, -0.2) is 32.3 Å². The number of aromatic nitrogens is 3. The number of hydrogen-bond acceptors (Lipinski definition) is 5. The van der Waals surface area contributed by atoms with E-state index in [1.54, 1.807) is 6.07 Å². The normalized spacial score (nSPS) is 13.5. The fourth-order valence-corrected chi connectivity index (χ4v) is 5.16. The van der Waals surface area contributed by atoms with Gasteiger partial charge in [-0.25, -0.2) is 36.7 Å². The number of carboxylic acid groups (broad SMARTS) is 1. The maximum atomic E-state index is 15.5. The number of hydrogen-bond donors (Lipinski definition) is 1. The molecule has 46 heavy (non-hydrogen) atoms. The second-order valence-electron chi connectivity index (χ2n) is 11.2. The number of halogens is 6. The zero-order chi connectivity index (χ0) is 32.7. The Labute approximate surface area is 257 Å². The molecule has 2 heterocycles. The molecule has 1 aliphatic carbocycles. The van der Waals surface area contributed by atoms with Crippen LogP contribution in [0.1, 0.15) is 45.7 Å². The molecule has 3 aromatic carbocycles. The molecule has 1 aliphatic rings. The van der Waals surface area contributed by atoms with Gasteiger partial charge in [-0.2, -0.15) is 5.26 Å². The number of fused-ring (bicyclic) bond motifs is 1. The van der Waals surface area contributed by atoms with Gasteiger partial charge in [0.2, 0.25) is 5.88 Å². The Bertz CT molecular complexity index is 2070. The van der Waals surface area contributed by atoms with Crippen LogP contribution in [0.4, 0.5) is 26.3 Å². The summed E-state index contributed by atoms with van der Waals surface area (Å²) in [4.78, 5) is 19.8. The third-order valence-electron chi connectivity index (χ3n) is 7.99. The molecule has 0 unspecified atom stereocenters. The Balaban J connectivity index is 1.32. The maximum absolute atomic E-state index is 15.5. The van der Waals surface area contributed by atoms with Crippen LogP contribution in [-0.2, 0) is 19.6 Å². The quantitative estimate of drug-likeness (QED) is 0.162. The molecule has 7 nitrogen and oxygen atoms in total. The van der Waals surface area contributed by atoms with Crippen molar-refractivity contribution in [1.29, 1.82) is 5.26 Å². The van der Waals surface area contributed by atoms with Gasteiger partial charge in [0.15, 0.2) is 5.82 Å². The van der Waals surface area contributed by atoms with Gasteiger partial charge in [-0.3, -0.25) is 4.39 Å². The van der Waals surface area contributed by atoms with Crippen LogP contribution in [0.15, 0.2) is 54.6 Å². The van der Waals surface area contributed by atoms with Gasteiger partial charge in [-0.15, -0.1) is 0 Å². The average Bonchev–Trinajstić information content (AvgIpc) is 3.73. The van der Waals surface area contributed by atoms with E-state index in [9.17, 15) is 27.5 Å². The van der Waals surface area contributed by atoms with E-state index >= 15 is 8.78 Å². The highest BCUT2D eigenvalue weighted by molar-refractivity contribution is 5.92. The number of carboxylic acids is 1. The highest BCUT2D eigenvalue weighted by Gasteiger charge is 2.44. The summed E-state index contributed by atoms with van der Waals surface area (Å²) in [6.07, 6.45) is 0.688. The van der Waals surface area contributed by atoms with E-state index in [0.717, 1.165) is 36.4 Å². The summed E-state index contributed by atoms with van der Waals surface area (Å²) >= 11 is 0. The summed E-state index contributed by atoms with van der Waals surface area (Å²) in [6, 6.07) is 11.1. The standard InChI is InChI=1S/C33H22F6N4O3/c34-15-33(5-6-33)16-43-27-10-20(32(44)45)9-26(39)31(27)41-28(43)11-19-8-25(38)21(12-24(19)37)30-22(35)3-4-29(42-30)46-14-18-2-1-17(13-40)7-23(18)36/h1-4,7-10,12H,5-6,11,14-16H2,(H,44,45). The number of rotatable bonds is 10. The Hall–Kier alpha value is -5.38. The van der Waals surface area contributed by atoms with E-state index in [0.29, 0.717) is 12.8 Å². The van der Waals surface area contributed by atoms with Crippen LogP contribution in [0.5, 0.6) is 5.88 Å². The fourth-order valence-electron chi connectivity index (χ4n) is 5.16. The highest BCUT2D eigenvalue weighted by Crippen LogP contribution is 2.48. The lowest BCUT2D eigenvalue weighted by Gasteiger charge is -2.16. The smallest absolute Gasteiger partial charge is 0.335 e. The minimum atomic E-state index is -1.39. The van der Waals surface area contributed by atoms with Gasteiger partial charge in [0.05, 0.1) is 29.4 Å². The zero-order valence-corrected chi connectivity index (χ0v) is 23.8. The number of alkyl halides is 1. The van der Waals surface area contributed by atoms with Gasteiger partial charge in [-0.1, -0.05) is 6.07 Å². The summed E-state index contributed by atoms with van der Waals surface area (Å²) in [6.45, 7) is -1.01. The molecule has 0 radical (unpaired) electrons. The van der Waals surface area contributed by atoms with E-state index in [2.05, 4.69) is 9.97 Å². The van der Waals surface area contributed by atoms with Gasteiger partial charge in [-0.05, 0) is 60.9 Å². The molecule has 0 saturated heterocycles. The van der Waals surface area contributed by atoms with E-state index in [-0.39, 0.29) is 64.6 Å². The number of carbonyl (C=O) groups is 1. The maximum Gasteiger partial charge on any atom is 0.335 e. The van der Waals surface area contributed by atoms with Crippen molar-refractivity contribution in [1.82, 2.24) is 14.5 Å². The monoisotopic (exact) mass is 636 g/mol. The zero-order valence-electron chi connectivity index (χ0n) is 23.8. The molecule has 0 atom stereocenters. The molecule has 13 heteroatoms. The van der Waals surface area contributed by atoms with Crippen LogP contribution in [0.25, 0.3) is 22.3 Å². The topological polar surface area (TPSA) is 101 Å². The summed E-state index contributed by atoms with van der Waals surface area (Å²) in [5, 5.41) is 18.3. The largest absolute Gasteiger partial charge is 0.478 e. The lowest BCUT2D eigenvalue weighted by atomic mass is 10.0. The van der Waals surface area contributed by atoms with Gasteiger partial charge in [0.1, 0.15) is 46.9 Å². The first-order chi connectivity index (χ1) is 22.0. The number of benzene rings is 3. The van der Waals surface area contributed by atoms with Crippen molar-refractivity contribution in [2.75, 3.05) is 6.67 Å². The molecule has 1 fully saturated rings. The number of aromatic carboxylic acids is 1. The molecule has 6 rings (SSSR count). The Morgan fingerprint density at radius 3 is 2.35 bits per heavy atom.